The quantitative estimate of drug-likeness (QED) is 0.247. The van der Waals surface area contributed by atoms with E-state index in [2.05, 4.69) is 10.0 Å². The highest BCUT2D eigenvalue weighted by Crippen LogP contribution is 2.28. The number of hydrogen-bond donors (Lipinski definition) is 3. The van der Waals surface area contributed by atoms with Gasteiger partial charge in [-0.15, -0.1) is 0 Å². The van der Waals surface area contributed by atoms with Gasteiger partial charge in [-0.3, -0.25) is 0 Å². The van der Waals surface area contributed by atoms with E-state index in [0.717, 1.165) is 11.6 Å². The number of rotatable bonds is 3. The third-order valence-electron chi connectivity index (χ3n) is 2.17. The molecule has 0 aromatic rings. The zero-order valence-corrected chi connectivity index (χ0v) is 8.49. The van der Waals surface area contributed by atoms with Gasteiger partial charge in [-0.2, -0.15) is 11.6 Å². The molecule has 2 radical (unpaired) electrons. The van der Waals surface area contributed by atoms with E-state index >= 15 is 0 Å². The summed E-state index contributed by atoms with van der Waals surface area (Å²) in [5.74, 6) is 0. The first-order valence-corrected chi connectivity index (χ1v) is 5.12. The van der Waals surface area contributed by atoms with Crippen LogP contribution in [0.1, 0.15) is 0 Å². The largest absolute Gasteiger partial charge is 0.394 e. The van der Waals surface area contributed by atoms with Crippen LogP contribution in [0.25, 0.3) is 10.4 Å². The van der Waals surface area contributed by atoms with Crippen molar-refractivity contribution in [2.45, 2.75) is 29.8 Å². The van der Waals surface area contributed by atoms with Gasteiger partial charge < -0.3 is 20.1 Å². The summed E-state index contributed by atoms with van der Waals surface area (Å²) in [5.41, 5.74) is 7.43. The van der Waals surface area contributed by atoms with Crippen molar-refractivity contribution in [1.82, 2.24) is 0 Å². The summed E-state index contributed by atoms with van der Waals surface area (Å²) in [7, 11) is 5.25. The maximum absolute atomic E-state index is 9.61. The normalized spacial score (nSPS) is 40.9. The fourth-order valence-corrected chi connectivity index (χ4v) is 1.90. The monoisotopic (exact) mass is 231 g/mol. The van der Waals surface area contributed by atoms with Crippen LogP contribution in [0.4, 0.5) is 0 Å². The molecule has 0 saturated carbocycles. The molecule has 0 amide bonds. The lowest BCUT2D eigenvalue weighted by molar-refractivity contribution is -0.159. The molecule has 0 aliphatic carbocycles. The summed E-state index contributed by atoms with van der Waals surface area (Å²) in [6, 6.07) is -1.07. The lowest BCUT2D eigenvalue weighted by Gasteiger charge is -2.40. The first-order valence-electron chi connectivity index (χ1n) is 4.18. The molecule has 7 nitrogen and oxygen atoms in total. The molecule has 1 aliphatic rings. The molecular formula is C6H10BN3O4S. The zero-order chi connectivity index (χ0) is 11.4. The first-order chi connectivity index (χ1) is 7.15. The van der Waals surface area contributed by atoms with Crippen molar-refractivity contribution in [1.29, 1.82) is 0 Å². The highest BCUT2D eigenvalue weighted by atomic mass is 32.2. The van der Waals surface area contributed by atoms with E-state index < -0.39 is 36.4 Å². The van der Waals surface area contributed by atoms with Crippen LogP contribution in [0.15, 0.2) is 5.11 Å². The Morgan fingerprint density at radius 2 is 2.13 bits per heavy atom. The van der Waals surface area contributed by atoms with Crippen molar-refractivity contribution in [2.24, 2.45) is 5.11 Å². The van der Waals surface area contributed by atoms with Gasteiger partial charge in [-0.05, 0) is 5.53 Å². The third kappa shape index (κ3) is 2.57. The summed E-state index contributed by atoms with van der Waals surface area (Å²) in [5, 5.41) is 31.4. The Bertz CT molecular complexity index is 249. The van der Waals surface area contributed by atoms with Gasteiger partial charge in [0.25, 0.3) is 0 Å². The molecule has 1 heterocycles. The molecule has 9 heteroatoms. The van der Waals surface area contributed by atoms with Crippen LogP contribution in [-0.2, 0) is 4.74 Å². The van der Waals surface area contributed by atoms with Gasteiger partial charge >= 0.3 is 0 Å². The number of hydrogen-bond acceptors (Lipinski definition) is 6. The Morgan fingerprint density at radius 1 is 1.47 bits per heavy atom. The Morgan fingerprint density at radius 3 is 2.60 bits per heavy atom. The maximum Gasteiger partial charge on any atom is 0.165 e. The molecule has 3 N–H and O–H groups in total. The summed E-state index contributed by atoms with van der Waals surface area (Å²) >= 11 is 0.727. The van der Waals surface area contributed by atoms with Crippen LogP contribution in [0.3, 0.4) is 0 Å². The molecule has 0 bridgehead atoms. The number of ether oxygens (including phenoxy) is 1. The molecule has 1 saturated heterocycles. The molecule has 1 aliphatic heterocycles. The van der Waals surface area contributed by atoms with E-state index in [-0.39, 0.29) is 0 Å². The molecule has 1 fully saturated rings. The lowest BCUT2D eigenvalue weighted by Crippen LogP contribution is -2.56. The molecule has 5 atom stereocenters. The Labute approximate surface area is 91.4 Å². The second-order valence-electron chi connectivity index (χ2n) is 3.04. The first kappa shape index (κ1) is 12.6. The number of azide groups is 1. The third-order valence-corrected chi connectivity index (χ3v) is 2.83. The van der Waals surface area contributed by atoms with E-state index in [4.69, 9.17) is 22.5 Å². The summed E-state index contributed by atoms with van der Waals surface area (Å²) in [6.45, 7) is -0.442. The van der Waals surface area contributed by atoms with Crippen molar-refractivity contribution < 1.29 is 20.1 Å². The Balaban J connectivity index is 2.85. The van der Waals surface area contributed by atoms with E-state index in [1.165, 1.54) is 0 Å². The molecule has 1 rings (SSSR count). The average Bonchev–Trinajstić information content (AvgIpc) is 2.25. The van der Waals surface area contributed by atoms with Gasteiger partial charge in [0, 0.05) is 4.91 Å². The minimum Gasteiger partial charge on any atom is -0.394 e. The maximum atomic E-state index is 9.61. The molecular weight excluding hydrogens is 221 g/mol. The summed E-state index contributed by atoms with van der Waals surface area (Å²) in [4.78, 5) is 2.52. The second kappa shape index (κ2) is 5.59. The molecule has 0 spiro atoms. The molecule has 15 heavy (non-hydrogen) atoms. The molecule has 2 unspecified atom stereocenters. The van der Waals surface area contributed by atoms with Crippen LogP contribution in [-0.4, -0.2) is 58.8 Å². The number of aliphatic hydroxyl groups is 3. The Kier molecular flexibility index (Phi) is 4.71. The van der Waals surface area contributed by atoms with Gasteiger partial charge in [-0.25, -0.2) is 0 Å². The zero-order valence-electron chi connectivity index (χ0n) is 7.67. The molecule has 0 aromatic carbocycles. The minimum atomic E-state index is -1.25. The fourth-order valence-electron chi connectivity index (χ4n) is 1.38. The average molecular weight is 231 g/mol. The second-order valence-corrected chi connectivity index (χ2v) is 3.78. The van der Waals surface area contributed by atoms with Crippen LogP contribution in [0.5, 0.6) is 0 Å². The van der Waals surface area contributed by atoms with Gasteiger partial charge in [-0.1, -0.05) is 5.11 Å². The van der Waals surface area contributed by atoms with Gasteiger partial charge in [0.2, 0.25) is 0 Å². The van der Waals surface area contributed by atoms with Crippen molar-refractivity contribution >= 4 is 18.7 Å². The molecule has 0 aromatic heterocycles. The van der Waals surface area contributed by atoms with Crippen molar-refractivity contribution in [3.8, 4) is 0 Å². The van der Waals surface area contributed by atoms with Gasteiger partial charge in [0.1, 0.15) is 11.5 Å². The predicted molar refractivity (Wildman–Crippen MR) is 54.0 cm³/mol. The van der Waals surface area contributed by atoms with Gasteiger partial charge in [0.15, 0.2) is 7.12 Å². The summed E-state index contributed by atoms with van der Waals surface area (Å²) < 4.78 is 5.09. The van der Waals surface area contributed by atoms with Crippen molar-refractivity contribution in [3.05, 3.63) is 10.4 Å². The predicted octanol–water partition coefficient (Wildman–Crippen LogP) is -1.08. The van der Waals surface area contributed by atoms with E-state index in [1.54, 1.807) is 0 Å². The number of nitrogens with zero attached hydrogens (tertiary/aromatic N) is 3. The Hall–Kier alpha value is -0.435. The fraction of sp³-hybridized carbons (Fsp3) is 1.00. The standard InChI is InChI=1S/C6H10BN3O4S/c7-15-6-5(13)3(9-10-8)4(12)2(1-11)14-6/h2-6,11-13H,1H2/t2?,3?,4-,5-,6+/m0/s1. The van der Waals surface area contributed by atoms with Crippen LogP contribution >= 0.6 is 11.6 Å². The highest BCUT2D eigenvalue weighted by molar-refractivity contribution is 8.20. The SMILES string of the molecule is [B]S[C@H]1OC(CO)[C@H](O)C(N=[N+]=[N-])[C@@H]1O. The minimum absolute atomic E-state index is 0.442. The van der Waals surface area contributed by atoms with Gasteiger partial charge in [0.05, 0.1) is 24.9 Å². The number of aliphatic hydroxyl groups excluding tert-OH is 3. The van der Waals surface area contributed by atoms with Crippen molar-refractivity contribution in [3.63, 3.8) is 0 Å². The van der Waals surface area contributed by atoms with Crippen LogP contribution in [0, 0.1) is 0 Å². The lowest BCUT2D eigenvalue weighted by atomic mass is 9.98. The van der Waals surface area contributed by atoms with Crippen LogP contribution in [0.2, 0.25) is 0 Å². The van der Waals surface area contributed by atoms with Crippen LogP contribution < -0.4 is 0 Å². The van der Waals surface area contributed by atoms with E-state index in [9.17, 15) is 10.2 Å². The van der Waals surface area contributed by atoms with E-state index in [0.29, 0.717) is 0 Å². The molecule has 82 valence electrons. The summed E-state index contributed by atoms with van der Waals surface area (Å²) in [6.07, 6.45) is -3.36. The highest BCUT2D eigenvalue weighted by Gasteiger charge is 2.43. The van der Waals surface area contributed by atoms with E-state index in [1.807, 2.05) is 0 Å². The topological polar surface area (TPSA) is 119 Å². The van der Waals surface area contributed by atoms with Crippen molar-refractivity contribution in [2.75, 3.05) is 6.61 Å². The smallest absolute Gasteiger partial charge is 0.165 e.